The molecular formula is C52H64O6Si2. The quantitative estimate of drug-likeness (QED) is 0.159. The summed E-state index contributed by atoms with van der Waals surface area (Å²) in [6.45, 7) is 23.2. The Morgan fingerprint density at radius 2 is 1.08 bits per heavy atom. The van der Waals surface area contributed by atoms with Crippen LogP contribution in [0.15, 0.2) is 91.0 Å². The van der Waals surface area contributed by atoms with Gasteiger partial charge in [-0.15, -0.1) is 11.1 Å². The molecule has 0 aromatic heterocycles. The Hall–Kier alpha value is -4.41. The minimum Gasteiger partial charge on any atom is -0.507 e. The number of fused-ring (bicyclic) bond motifs is 2. The Labute approximate surface area is 362 Å². The number of hydrogen-bond acceptors (Lipinski definition) is 6. The molecule has 316 valence electrons. The number of hydrogen-bond donors (Lipinski definition) is 1. The molecule has 0 amide bonds. The molecular weight excluding hydrogens is 777 g/mol. The molecule has 0 fully saturated rings. The first-order valence-electron chi connectivity index (χ1n) is 21.4. The second kappa shape index (κ2) is 22.4. The standard InChI is InChI=1S/C52H64O6Si2/c1-39(2)60(40(3)4,41(5)6)33-26-42-20-21-43(27-32-59(7,8)9)47(34-42)24-22-44-23-25-48-35-55-37-50(45-16-12-10-13-17-45)57-30-28-54-29-31-58-51(46-18-14-11-15-19-46)38-56-36-49(44)52(48)53/h10-21,23,25,34,39-41,50-51,53H,28-31,35-38H2,1-9H3/t50-,51-/m0/s1. The Kier molecular flexibility index (Phi) is 17.4. The average Bonchev–Trinajstić information content (AvgIpc) is 3.22. The zero-order chi connectivity index (χ0) is 43.1. The van der Waals surface area contributed by atoms with E-state index in [0.29, 0.717) is 66.3 Å². The van der Waals surface area contributed by atoms with E-state index >= 15 is 0 Å². The number of ether oxygens (including phenoxy) is 5. The Bertz CT molecular complexity index is 2150. The van der Waals surface area contributed by atoms with Crippen molar-refractivity contribution in [2.75, 3.05) is 39.6 Å². The van der Waals surface area contributed by atoms with E-state index in [4.69, 9.17) is 23.7 Å². The monoisotopic (exact) mass is 840 g/mol. The lowest BCUT2D eigenvalue weighted by atomic mass is 10.0. The molecule has 6 nitrogen and oxygen atoms in total. The molecule has 1 heterocycles. The van der Waals surface area contributed by atoms with Gasteiger partial charge in [-0.05, 0) is 52.0 Å². The van der Waals surface area contributed by atoms with E-state index in [9.17, 15) is 5.11 Å². The molecule has 60 heavy (non-hydrogen) atoms. The van der Waals surface area contributed by atoms with Crippen LogP contribution in [0.2, 0.25) is 36.3 Å². The van der Waals surface area contributed by atoms with Crippen LogP contribution in [0, 0.1) is 34.8 Å². The van der Waals surface area contributed by atoms with Gasteiger partial charge in [-0.3, -0.25) is 0 Å². The van der Waals surface area contributed by atoms with Gasteiger partial charge in [-0.2, -0.15) is 0 Å². The van der Waals surface area contributed by atoms with Gasteiger partial charge in [0.05, 0.1) is 52.9 Å². The van der Waals surface area contributed by atoms with Gasteiger partial charge in [0.2, 0.25) is 0 Å². The molecule has 4 aromatic carbocycles. The predicted molar refractivity (Wildman–Crippen MR) is 249 cm³/mol. The SMILES string of the molecule is CC(C)[Si](C#Cc1ccc(C#C[Si](C)(C)C)c(C#Cc2ccc3c(O)c2COC[C@@H](c2ccccc2)OCCOCCO[C@H](c2ccccc2)COC3)c1)(C(C)C)C(C)C. The van der Waals surface area contributed by atoms with E-state index in [1.165, 1.54) is 0 Å². The van der Waals surface area contributed by atoms with Crippen molar-refractivity contribution in [2.45, 2.75) is 103 Å². The van der Waals surface area contributed by atoms with Gasteiger partial charge in [-0.25, -0.2) is 0 Å². The minimum atomic E-state index is -1.95. The summed E-state index contributed by atoms with van der Waals surface area (Å²) in [4.78, 5) is 0. The summed E-state index contributed by atoms with van der Waals surface area (Å²) in [5, 5.41) is 11.9. The van der Waals surface area contributed by atoms with Crippen molar-refractivity contribution in [1.82, 2.24) is 0 Å². The largest absolute Gasteiger partial charge is 0.507 e. The van der Waals surface area contributed by atoms with Crippen LogP contribution in [0.5, 0.6) is 5.75 Å². The van der Waals surface area contributed by atoms with Crippen molar-refractivity contribution in [3.63, 3.8) is 0 Å². The molecule has 2 atom stereocenters. The lowest BCUT2D eigenvalue weighted by Gasteiger charge is -2.38. The van der Waals surface area contributed by atoms with E-state index in [1.54, 1.807) is 0 Å². The maximum atomic E-state index is 11.9. The highest BCUT2D eigenvalue weighted by Crippen LogP contribution is 2.41. The number of benzene rings is 4. The molecule has 0 saturated heterocycles. The third-order valence-corrected chi connectivity index (χ3v) is 18.2. The van der Waals surface area contributed by atoms with Crippen LogP contribution in [0.3, 0.4) is 0 Å². The summed E-state index contributed by atoms with van der Waals surface area (Å²) in [5.41, 5.74) is 15.5. The molecule has 0 unspecified atom stereocenters. The van der Waals surface area contributed by atoms with E-state index in [-0.39, 0.29) is 37.8 Å². The van der Waals surface area contributed by atoms with Crippen LogP contribution in [0.4, 0.5) is 0 Å². The van der Waals surface area contributed by atoms with Gasteiger partial charge in [0, 0.05) is 33.4 Å². The van der Waals surface area contributed by atoms with Gasteiger partial charge < -0.3 is 28.8 Å². The number of phenols is 1. The second-order valence-corrected chi connectivity index (χ2v) is 27.8. The van der Waals surface area contributed by atoms with E-state index in [1.807, 2.05) is 72.8 Å². The van der Waals surface area contributed by atoms with Crippen molar-refractivity contribution in [1.29, 1.82) is 0 Å². The topological polar surface area (TPSA) is 66.4 Å². The molecule has 0 radical (unpaired) electrons. The van der Waals surface area contributed by atoms with E-state index < -0.39 is 16.1 Å². The summed E-state index contributed by atoms with van der Waals surface area (Å²) in [5.74, 6) is 14.1. The Morgan fingerprint density at radius 3 is 1.63 bits per heavy atom. The maximum absolute atomic E-state index is 11.9. The second-order valence-electron chi connectivity index (χ2n) is 17.4. The Balaban J connectivity index is 1.54. The highest BCUT2D eigenvalue weighted by Gasteiger charge is 2.41. The third kappa shape index (κ3) is 13.0. The zero-order valence-corrected chi connectivity index (χ0v) is 39.2. The fourth-order valence-electron chi connectivity index (χ4n) is 7.86. The van der Waals surface area contributed by atoms with Crippen LogP contribution in [-0.2, 0) is 36.9 Å². The summed E-state index contributed by atoms with van der Waals surface area (Å²) < 4.78 is 31.1. The van der Waals surface area contributed by atoms with Gasteiger partial charge in [-0.1, -0.05) is 152 Å². The molecule has 1 N–H and O–H groups in total. The van der Waals surface area contributed by atoms with Gasteiger partial charge in [0.15, 0.2) is 0 Å². The fourth-order valence-corrected chi connectivity index (χ4v) is 13.6. The van der Waals surface area contributed by atoms with Gasteiger partial charge in [0.1, 0.15) is 34.1 Å². The minimum absolute atomic E-state index is 0.0985. The first-order chi connectivity index (χ1) is 28.8. The molecule has 0 saturated carbocycles. The first kappa shape index (κ1) is 46.7. The van der Waals surface area contributed by atoms with Crippen molar-refractivity contribution < 1.29 is 28.8 Å². The lowest BCUT2D eigenvalue weighted by Crippen LogP contribution is -2.43. The first-order valence-corrected chi connectivity index (χ1v) is 27.1. The van der Waals surface area contributed by atoms with Gasteiger partial charge in [0.25, 0.3) is 0 Å². The zero-order valence-electron chi connectivity index (χ0n) is 37.2. The Morgan fingerprint density at radius 1 is 0.550 bits per heavy atom. The molecule has 0 spiro atoms. The van der Waals surface area contributed by atoms with Crippen LogP contribution in [0.1, 0.15) is 98.3 Å². The molecule has 5 rings (SSSR count). The molecule has 2 bridgehead atoms. The molecule has 8 heteroatoms. The fraction of sp³-hybridized carbons (Fsp3) is 0.423. The predicted octanol–water partition coefficient (Wildman–Crippen LogP) is 11.2. The maximum Gasteiger partial charge on any atom is 0.146 e. The molecule has 1 aliphatic heterocycles. The lowest BCUT2D eigenvalue weighted by molar-refractivity contribution is -0.0646. The number of phenolic OH excluding ortho intramolecular Hbond substituents is 1. The summed E-state index contributed by atoms with van der Waals surface area (Å²) in [6, 6.07) is 30.1. The van der Waals surface area contributed by atoms with Crippen molar-refractivity contribution >= 4 is 16.1 Å². The van der Waals surface area contributed by atoms with E-state index in [2.05, 4.69) is 114 Å². The highest BCUT2D eigenvalue weighted by atomic mass is 28.3. The summed E-state index contributed by atoms with van der Waals surface area (Å²) in [7, 11) is -3.63. The molecule has 4 aromatic rings. The summed E-state index contributed by atoms with van der Waals surface area (Å²) >= 11 is 0. The van der Waals surface area contributed by atoms with Crippen molar-refractivity contribution in [2.24, 2.45) is 0 Å². The van der Waals surface area contributed by atoms with Crippen LogP contribution in [-0.4, -0.2) is 60.9 Å². The van der Waals surface area contributed by atoms with Crippen LogP contribution >= 0.6 is 0 Å². The van der Waals surface area contributed by atoms with Crippen molar-refractivity contribution in [3.05, 3.63) is 136 Å². The molecule has 0 aliphatic carbocycles. The summed E-state index contributed by atoms with van der Waals surface area (Å²) in [6.07, 6.45) is -0.642. The van der Waals surface area contributed by atoms with Gasteiger partial charge >= 0.3 is 0 Å². The number of rotatable bonds is 5. The number of aromatic hydroxyl groups is 1. The molecule has 1 aliphatic rings. The van der Waals surface area contributed by atoms with Crippen LogP contribution in [0.25, 0.3) is 0 Å². The van der Waals surface area contributed by atoms with Crippen LogP contribution < -0.4 is 0 Å². The normalized spacial score (nSPS) is 17.3. The van der Waals surface area contributed by atoms with E-state index in [0.717, 1.165) is 27.8 Å². The highest BCUT2D eigenvalue weighted by molar-refractivity contribution is 6.90. The van der Waals surface area contributed by atoms with Crippen molar-refractivity contribution in [3.8, 4) is 40.5 Å². The smallest absolute Gasteiger partial charge is 0.146 e. The average molecular weight is 841 g/mol. The third-order valence-electron chi connectivity index (χ3n) is 11.1.